The third-order valence-electron chi connectivity index (χ3n) is 6.39. The van der Waals surface area contributed by atoms with E-state index < -0.39 is 5.91 Å². The van der Waals surface area contributed by atoms with Crippen molar-refractivity contribution in [3.63, 3.8) is 0 Å². The van der Waals surface area contributed by atoms with Crippen LogP contribution in [-0.2, 0) is 4.79 Å². The summed E-state index contributed by atoms with van der Waals surface area (Å²) in [6.07, 6.45) is 4.49. The lowest BCUT2D eigenvalue weighted by Crippen LogP contribution is -2.49. The molecule has 0 bridgehead atoms. The fraction of sp³-hybridized carbons (Fsp3) is 0.593. The van der Waals surface area contributed by atoms with E-state index in [-0.39, 0.29) is 18.0 Å². The van der Waals surface area contributed by atoms with Gasteiger partial charge in [0.05, 0.1) is 0 Å². The second kappa shape index (κ2) is 12.7. The lowest BCUT2D eigenvalue weighted by molar-refractivity contribution is -0.122. The molecule has 3 rings (SSSR count). The number of hydrogen-bond acceptors (Lipinski definition) is 8. The highest BCUT2D eigenvalue weighted by Gasteiger charge is 2.28. The van der Waals surface area contributed by atoms with E-state index >= 15 is 0 Å². The first kappa shape index (κ1) is 28.1. The van der Waals surface area contributed by atoms with Gasteiger partial charge in [-0.05, 0) is 49.3 Å². The van der Waals surface area contributed by atoms with Crippen molar-refractivity contribution in [2.75, 3.05) is 29.1 Å². The summed E-state index contributed by atoms with van der Waals surface area (Å²) >= 11 is 0. The second-order valence-corrected chi connectivity index (χ2v) is 10.9. The Morgan fingerprint density at radius 3 is 2.35 bits per heavy atom. The monoisotopic (exact) mass is 510 g/mol. The summed E-state index contributed by atoms with van der Waals surface area (Å²) in [7, 11) is 1.96. The molecule has 1 aromatic carbocycles. The molecule has 0 unspecified atom stereocenters. The van der Waals surface area contributed by atoms with Gasteiger partial charge >= 0.3 is 0 Å². The molecule has 202 valence electrons. The average molecular weight is 511 g/mol. The molecule has 1 aromatic heterocycles. The molecule has 2 atom stereocenters. The van der Waals surface area contributed by atoms with Crippen LogP contribution in [0.3, 0.4) is 0 Å². The first-order valence-electron chi connectivity index (χ1n) is 13.2. The molecule has 1 saturated carbocycles. The minimum Gasteiger partial charge on any atom is -0.366 e. The zero-order chi connectivity index (χ0) is 27.1. The van der Waals surface area contributed by atoms with Gasteiger partial charge in [-0.2, -0.15) is 15.0 Å². The zero-order valence-corrected chi connectivity index (χ0v) is 23.0. The Morgan fingerprint density at radius 1 is 1.03 bits per heavy atom. The van der Waals surface area contributed by atoms with Crippen molar-refractivity contribution in [2.24, 2.45) is 17.6 Å². The number of anilines is 4. The minimum absolute atomic E-state index is 0.0134. The number of primary amides is 1. The van der Waals surface area contributed by atoms with Crippen LogP contribution in [0.15, 0.2) is 18.2 Å². The molecule has 0 radical (unpaired) electrons. The summed E-state index contributed by atoms with van der Waals surface area (Å²) in [6.45, 7) is 11.1. The third kappa shape index (κ3) is 8.30. The molecule has 1 aliphatic rings. The van der Waals surface area contributed by atoms with Crippen LogP contribution in [-0.4, -0.2) is 52.4 Å². The number of aromatic nitrogens is 3. The van der Waals surface area contributed by atoms with Crippen LogP contribution >= 0.6 is 0 Å². The van der Waals surface area contributed by atoms with E-state index in [4.69, 9.17) is 10.7 Å². The zero-order valence-electron chi connectivity index (χ0n) is 23.0. The summed E-state index contributed by atoms with van der Waals surface area (Å²) < 4.78 is 0. The smallest absolute Gasteiger partial charge is 0.248 e. The number of amides is 2. The molecule has 2 aromatic rings. The first-order valence-corrected chi connectivity index (χ1v) is 13.2. The van der Waals surface area contributed by atoms with Crippen LogP contribution in [0.4, 0.5) is 23.5 Å². The fourth-order valence-corrected chi connectivity index (χ4v) is 4.59. The van der Waals surface area contributed by atoms with E-state index in [2.05, 4.69) is 39.8 Å². The van der Waals surface area contributed by atoms with Gasteiger partial charge in [-0.25, -0.2) is 0 Å². The maximum atomic E-state index is 12.5. The van der Waals surface area contributed by atoms with Crippen LogP contribution in [0.2, 0.25) is 0 Å². The predicted molar refractivity (Wildman–Crippen MR) is 148 cm³/mol. The predicted octanol–water partition coefficient (Wildman–Crippen LogP) is 4.00. The number of aryl methyl sites for hydroxylation is 1. The number of nitrogens with one attached hydrogen (secondary N) is 3. The molecule has 1 fully saturated rings. The molecule has 2 amide bonds. The Balaban J connectivity index is 1.89. The third-order valence-corrected chi connectivity index (χ3v) is 6.39. The van der Waals surface area contributed by atoms with E-state index in [0.717, 1.165) is 37.8 Å². The number of benzene rings is 1. The summed E-state index contributed by atoms with van der Waals surface area (Å²) in [6, 6.07) is 5.26. The van der Waals surface area contributed by atoms with Crippen LogP contribution < -0.4 is 26.6 Å². The Labute approximate surface area is 220 Å². The maximum Gasteiger partial charge on any atom is 0.248 e. The molecule has 10 nitrogen and oxygen atoms in total. The van der Waals surface area contributed by atoms with Crippen LogP contribution in [0.5, 0.6) is 0 Å². The average Bonchev–Trinajstić information content (AvgIpc) is 2.80. The SMILES string of the molecule is Cc1ccc(C(N)=O)cc1Nc1nc(N[C@H]2CCCC[C@H]2NC(=O)CC(C)C)nc(N(C)CC(C)C)n1. The standard InChI is InChI=1S/C27H42N8O2/c1-16(2)13-23(36)29-20-9-7-8-10-21(20)30-25-32-26(34-27(33-25)35(6)15-17(3)4)31-22-14-19(24(28)37)12-11-18(22)5/h11-12,14,16-17,20-21H,7-10,13,15H2,1-6H3,(H2,28,37)(H,29,36)(H2,30,31,32,33,34)/t20-,21+/m1/s1. The second-order valence-electron chi connectivity index (χ2n) is 10.9. The quantitative estimate of drug-likeness (QED) is 0.356. The van der Waals surface area contributed by atoms with Crippen molar-refractivity contribution in [2.45, 2.75) is 78.8 Å². The highest BCUT2D eigenvalue weighted by molar-refractivity contribution is 5.94. The number of carbonyl (C=O) groups is 2. The summed E-state index contributed by atoms with van der Waals surface area (Å²) in [5.74, 6) is 1.65. The lowest BCUT2D eigenvalue weighted by atomic mass is 9.90. The van der Waals surface area contributed by atoms with Gasteiger partial charge in [0.25, 0.3) is 0 Å². The van der Waals surface area contributed by atoms with Crippen molar-refractivity contribution in [3.05, 3.63) is 29.3 Å². The van der Waals surface area contributed by atoms with Crippen LogP contribution in [0, 0.1) is 18.8 Å². The minimum atomic E-state index is -0.499. The van der Waals surface area contributed by atoms with Crippen LogP contribution in [0.1, 0.15) is 75.7 Å². The van der Waals surface area contributed by atoms with Gasteiger partial charge in [-0.15, -0.1) is 0 Å². The number of carbonyl (C=O) groups excluding carboxylic acids is 2. The summed E-state index contributed by atoms with van der Waals surface area (Å²) in [5, 5.41) is 9.96. The number of nitrogens with two attached hydrogens (primary N) is 1. The molecule has 37 heavy (non-hydrogen) atoms. The largest absolute Gasteiger partial charge is 0.366 e. The molecule has 1 heterocycles. The molecule has 5 N–H and O–H groups in total. The number of hydrogen-bond donors (Lipinski definition) is 4. The Bertz CT molecular complexity index is 1090. The van der Waals surface area contributed by atoms with Gasteiger partial charge in [0.1, 0.15) is 0 Å². The van der Waals surface area contributed by atoms with E-state index in [1.807, 2.05) is 38.8 Å². The van der Waals surface area contributed by atoms with Crippen molar-refractivity contribution < 1.29 is 9.59 Å². The van der Waals surface area contributed by atoms with Gasteiger partial charge in [-0.3, -0.25) is 9.59 Å². The topological polar surface area (TPSA) is 138 Å². The normalized spacial score (nSPS) is 17.5. The summed E-state index contributed by atoms with van der Waals surface area (Å²) in [4.78, 5) is 40.2. The van der Waals surface area contributed by atoms with Gasteiger partial charge in [0.2, 0.25) is 29.7 Å². The Kier molecular flexibility index (Phi) is 9.66. The fourth-order valence-electron chi connectivity index (χ4n) is 4.59. The van der Waals surface area contributed by atoms with Crippen molar-refractivity contribution in [3.8, 4) is 0 Å². The molecular weight excluding hydrogens is 468 g/mol. The van der Waals surface area contributed by atoms with Gasteiger partial charge in [0.15, 0.2) is 0 Å². The van der Waals surface area contributed by atoms with Gasteiger partial charge < -0.3 is 26.6 Å². The number of rotatable bonds is 11. The molecule has 1 aliphatic carbocycles. The Hall–Kier alpha value is -3.43. The molecule has 0 aliphatic heterocycles. The lowest BCUT2D eigenvalue weighted by Gasteiger charge is -2.33. The Morgan fingerprint density at radius 2 is 1.70 bits per heavy atom. The molecule has 0 spiro atoms. The van der Waals surface area contributed by atoms with E-state index in [9.17, 15) is 9.59 Å². The highest BCUT2D eigenvalue weighted by atomic mass is 16.2. The first-order chi connectivity index (χ1) is 17.5. The van der Waals surface area contributed by atoms with Crippen molar-refractivity contribution in [1.82, 2.24) is 20.3 Å². The van der Waals surface area contributed by atoms with E-state index in [0.29, 0.717) is 47.4 Å². The van der Waals surface area contributed by atoms with Crippen LogP contribution in [0.25, 0.3) is 0 Å². The molecular formula is C27H42N8O2. The summed E-state index contributed by atoms with van der Waals surface area (Å²) in [5.41, 5.74) is 7.51. The maximum absolute atomic E-state index is 12.5. The van der Waals surface area contributed by atoms with Gasteiger partial charge in [-0.1, -0.05) is 46.6 Å². The van der Waals surface area contributed by atoms with Gasteiger partial charge in [0, 0.05) is 43.3 Å². The van der Waals surface area contributed by atoms with E-state index in [1.54, 1.807) is 12.1 Å². The number of nitrogens with zero attached hydrogens (tertiary/aromatic N) is 4. The molecule has 10 heteroatoms. The van der Waals surface area contributed by atoms with Crippen molar-refractivity contribution in [1.29, 1.82) is 0 Å². The van der Waals surface area contributed by atoms with Crippen molar-refractivity contribution >= 4 is 35.3 Å². The highest BCUT2D eigenvalue weighted by Crippen LogP contribution is 2.25. The van der Waals surface area contributed by atoms with E-state index in [1.165, 1.54) is 0 Å². The molecule has 0 saturated heterocycles.